The third kappa shape index (κ3) is 3.76. The van der Waals surface area contributed by atoms with Crippen molar-refractivity contribution in [3.63, 3.8) is 0 Å². The van der Waals surface area contributed by atoms with Gasteiger partial charge in [0.2, 0.25) is 0 Å². The van der Waals surface area contributed by atoms with Crippen molar-refractivity contribution in [1.82, 2.24) is 10.3 Å². The molecule has 2 aromatic rings. The second kappa shape index (κ2) is 6.46. The molecule has 1 aromatic carbocycles. The Morgan fingerprint density at radius 3 is 2.85 bits per heavy atom. The summed E-state index contributed by atoms with van der Waals surface area (Å²) in [6.07, 6.45) is 3.39. The van der Waals surface area contributed by atoms with Gasteiger partial charge in [0.15, 0.2) is 0 Å². The van der Waals surface area contributed by atoms with Crippen LogP contribution >= 0.6 is 0 Å². The standard InChI is InChI=1S/C16H23N3O/c1-11(2)5-3-4-8-18-16(20)15-10-12-9-13(17)6-7-14(12)19-15/h6-7,9-11,19H,3-5,8,17H2,1-2H3,(H,18,20). The molecule has 1 amide bonds. The lowest BCUT2D eigenvalue weighted by atomic mass is 10.1. The number of unbranched alkanes of at least 4 members (excludes halogenated alkanes) is 1. The van der Waals surface area contributed by atoms with E-state index in [0.717, 1.165) is 36.2 Å². The Morgan fingerprint density at radius 2 is 2.10 bits per heavy atom. The summed E-state index contributed by atoms with van der Waals surface area (Å²) in [7, 11) is 0. The molecule has 0 fully saturated rings. The summed E-state index contributed by atoms with van der Waals surface area (Å²) in [5, 5.41) is 3.91. The Kier molecular flexibility index (Phi) is 4.66. The summed E-state index contributed by atoms with van der Waals surface area (Å²) in [4.78, 5) is 15.1. The number of anilines is 1. The second-order valence-electron chi connectivity index (χ2n) is 5.68. The summed E-state index contributed by atoms with van der Waals surface area (Å²) < 4.78 is 0. The molecule has 108 valence electrons. The SMILES string of the molecule is CC(C)CCCCNC(=O)c1cc2cc(N)ccc2[nH]1. The second-order valence-corrected chi connectivity index (χ2v) is 5.68. The van der Waals surface area contributed by atoms with E-state index < -0.39 is 0 Å². The van der Waals surface area contributed by atoms with Gasteiger partial charge in [-0.05, 0) is 36.6 Å². The van der Waals surface area contributed by atoms with Gasteiger partial charge in [-0.2, -0.15) is 0 Å². The molecule has 4 N–H and O–H groups in total. The van der Waals surface area contributed by atoms with Crippen LogP contribution < -0.4 is 11.1 Å². The van der Waals surface area contributed by atoms with Gasteiger partial charge >= 0.3 is 0 Å². The minimum Gasteiger partial charge on any atom is -0.399 e. The number of benzene rings is 1. The van der Waals surface area contributed by atoms with E-state index in [9.17, 15) is 4.79 Å². The van der Waals surface area contributed by atoms with E-state index in [1.165, 1.54) is 6.42 Å². The van der Waals surface area contributed by atoms with Crippen LogP contribution in [0.1, 0.15) is 43.6 Å². The van der Waals surface area contributed by atoms with Crippen LogP contribution in [0.3, 0.4) is 0 Å². The normalized spacial score (nSPS) is 11.2. The first-order chi connectivity index (χ1) is 9.56. The molecular weight excluding hydrogens is 250 g/mol. The molecule has 0 saturated heterocycles. The number of amides is 1. The van der Waals surface area contributed by atoms with Crippen LogP contribution in [0.25, 0.3) is 10.9 Å². The van der Waals surface area contributed by atoms with Crippen molar-refractivity contribution in [2.24, 2.45) is 5.92 Å². The molecule has 4 heteroatoms. The van der Waals surface area contributed by atoms with Crippen LogP contribution in [-0.4, -0.2) is 17.4 Å². The van der Waals surface area contributed by atoms with Gasteiger partial charge in [-0.1, -0.05) is 26.7 Å². The molecule has 1 aromatic heterocycles. The number of hydrogen-bond donors (Lipinski definition) is 3. The maximum absolute atomic E-state index is 12.0. The van der Waals surface area contributed by atoms with Crippen LogP contribution in [0.2, 0.25) is 0 Å². The average molecular weight is 273 g/mol. The zero-order chi connectivity index (χ0) is 14.5. The highest BCUT2D eigenvalue weighted by atomic mass is 16.1. The Balaban J connectivity index is 1.88. The van der Waals surface area contributed by atoms with Gasteiger partial charge in [0.1, 0.15) is 5.69 Å². The highest BCUT2D eigenvalue weighted by Crippen LogP contribution is 2.18. The van der Waals surface area contributed by atoms with E-state index in [1.807, 2.05) is 24.3 Å². The summed E-state index contributed by atoms with van der Waals surface area (Å²) in [5.41, 5.74) is 7.96. The van der Waals surface area contributed by atoms with Crippen molar-refractivity contribution in [1.29, 1.82) is 0 Å². The first kappa shape index (κ1) is 14.4. The summed E-state index contributed by atoms with van der Waals surface area (Å²) in [6.45, 7) is 5.16. The van der Waals surface area contributed by atoms with Crippen LogP contribution in [0, 0.1) is 5.92 Å². The molecule has 0 aliphatic carbocycles. The number of nitrogens with two attached hydrogens (primary N) is 1. The largest absolute Gasteiger partial charge is 0.399 e. The number of fused-ring (bicyclic) bond motifs is 1. The Bertz CT molecular complexity index is 586. The maximum Gasteiger partial charge on any atom is 0.267 e. The number of rotatable bonds is 6. The van der Waals surface area contributed by atoms with Gasteiger partial charge in [0, 0.05) is 23.1 Å². The predicted octanol–water partition coefficient (Wildman–Crippen LogP) is 3.31. The Hall–Kier alpha value is -1.97. The van der Waals surface area contributed by atoms with Crippen molar-refractivity contribution >= 4 is 22.5 Å². The van der Waals surface area contributed by atoms with E-state index in [-0.39, 0.29) is 5.91 Å². The number of nitrogen functional groups attached to an aromatic ring is 1. The van der Waals surface area contributed by atoms with Gasteiger partial charge < -0.3 is 16.0 Å². The number of carbonyl (C=O) groups excluding carboxylic acids is 1. The maximum atomic E-state index is 12.0. The van der Waals surface area contributed by atoms with Crippen molar-refractivity contribution in [2.75, 3.05) is 12.3 Å². The molecule has 0 aliphatic heterocycles. The van der Waals surface area contributed by atoms with E-state index in [1.54, 1.807) is 0 Å². The van der Waals surface area contributed by atoms with Gasteiger partial charge in [-0.15, -0.1) is 0 Å². The average Bonchev–Trinajstić information content (AvgIpc) is 2.80. The zero-order valence-electron chi connectivity index (χ0n) is 12.2. The third-order valence-electron chi connectivity index (χ3n) is 3.38. The van der Waals surface area contributed by atoms with Crippen molar-refractivity contribution < 1.29 is 4.79 Å². The van der Waals surface area contributed by atoms with Gasteiger partial charge in [-0.25, -0.2) is 0 Å². The van der Waals surface area contributed by atoms with E-state index in [0.29, 0.717) is 11.4 Å². The minimum absolute atomic E-state index is 0.0516. The molecule has 1 heterocycles. The molecule has 0 saturated carbocycles. The monoisotopic (exact) mass is 273 g/mol. The fourth-order valence-corrected chi connectivity index (χ4v) is 2.25. The molecule has 20 heavy (non-hydrogen) atoms. The van der Waals surface area contributed by atoms with Crippen molar-refractivity contribution in [3.8, 4) is 0 Å². The predicted molar refractivity (Wildman–Crippen MR) is 83.7 cm³/mol. The fourth-order valence-electron chi connectivity index (χ4n) is 2.25. The molecule has 0 bridgehead atoms. The molecule has 0 aliphatic rings. The van der Waals surface area contributed by atoms with Crippen molar-refractivity contribution in [3.05, 3.63) is 30.0 Å². The zero-order valence-corrected chi connectivity index (χ0v) is 12.2. The van der Waals surface area contributed by atoms with E-state index >= 15 is 0 Å². The van der Waals surface area contributed by atoms with E-state index in [2.05, 4.69) is 24.1 Å². The van der Waals surface area contributed by atoms with Gasteiger partial charge in [0.05, 0.1) is 0 Å². The van der Waals surface area contributed by atoms with Crippen LogP contribution in [0.4, 0.5) is 5.69 Å². The number of nitrogens with one attached hydrogen (secondary N) is 2. The number of carbonyl (C=O) groups is 1. The number of H-pyrrole nitrogens is 1. The molecule has 0 radical (unpaired) electrons. The smallest absolute Gasteiger partial charge is 0.267 e. The number of hydrogen-bond acceptors (Lipinski definition) is 2. The first-order valence-electron chi connectivity index (χ1n) is 7.22. The van der Waals surface area contributed by atoms with E-state index in [4.69, 9.17) is 5.73 Å². The molecule has 2 rings (SSSR count). The molecule has 0 unspecified atom stereocenters. The van der Waals surface area contributed by atoms with Gasteiger partial charge in [-0.3, -0.25) is 4.79 Å². The van der Waals surface area contributed by atoms with Crippen LogP contribution in [0.5, 0.6) is 0 Å². The fraction of sp³-hybridized carbons (Fsp3) is 0.438. The minimum atomic E-state index is -0.0516. The Morgan fingerprint density at radius 1 is 1.30 bits per heavy atom. The summed E-state index contributed by atoms with van der Waals surface area (Å²) in [5.74, 6) is 0.675. The summed E-state index contributed by atoms with van der Waals surface area (Å²) in [6, 6.07) is 7.43. The quantitative estimate of drug-likeness (QED) is 0.558. The molecular formula is C16H23N3O. The highest BCUT2D eigenvalue weighted by molar-refractivity contribution is 5.98. The van der Waals surface area contributed by atoms with Gasteiger partial charge in [0.25, 0.3) is 5.91 Å². The molecule has 0 spiro atoms. The lowest BCUT2D eigenvalue weighted by molar-refractivity contribution is 0.0948. The highest BCUT2D eigenvalue weighted by Gasteiger charge is 2.08. The number of aromatic nitrogens is 1. The van der Waals surface area contributed by atoms with Crippen molar-refractivity contribution in [2.45, 2.75) is 33.1 Å². The Labute approximate surface area is 119 Å². The lowest BCUT2D eigenvalue weighted by Gasteiger charge is -2.05. The number of aromatic amines is 1. The van der Waals surface area contributed by atoms with Crippen LogP contribution in [-0.2, 0) is 0 Å². The molecule has 4 nitrogen and oxygen atoms in total. The summed E-state index contributed by atoms with van der Waals surface area (Å²) >= 11 is 0. The third-order valence-corrected chi connectivity index (χ3v) is 3.38. The topological polar surface area (TPSA) is 70.9 Å². The first-order valence-corrected chi connectivity index (χ1v) is 7.22. The van der Waals surface area contributed by atoms with Crippen LogP contribution in [0.15, 0.2) is 24.3 Å². The molecule has 0 atom stereocenters. The lowest BCUT2D eigenvalue weighted by Crippen LogP contribution is -2.24.